The van der Waals surface area contributed by atoms with Gasteiger partial charge in [-0.05, 0) is 36.0 Å². The molecule has 0 aromatic carbocycles. The maximum atomic E-state index is 11.8. The van der Waals surface area contributed by atoms with Crippen molar-refractivity contribution in [2.75, 3.05) is 19.8 Å². The highest BCUT2D eigenvalue weighted by Crippen LogP contribution is 2.65. The summed E-state index contributed by atoms with van der Waals surface area (Å²) < 4.78 is 5.18. The predicted octanol–water partition coefficient (Wildman–Crippen LogP) is 1.29. The quantitative estimate of drug-likeness (QED) is 0.727. The molecule has 0 radical (unpaired) electrons. The van der Waals surface area contributed by atoms with Crippen LogP contribution in [0.5, 0.6) is 0 Å². The van der Waals surface area contributed by atoms with Crippen molar-refractivity contribution in [3.05, 3.63) is 0 Å². The van der Waals surface area contributed by atoms with Gasteiger partial charge < -0.3 is 15.8 Å². The molecule has 2 aliphatic rings. The monoisotopic (exact) mass is 254 g/mol. The summed E-state index contributed by atoms with van der Waals surface area (Å²) in [5.41, 5.74) is 5.90. The van der Waals surface area contributed by atoms with Crippen LogP contribution in [-0.2, 0) is 9.53 Å². The Kier molecular flexibility index (Phi) is 3.70. The minimum Gasteiger partial charge on any atom is -0.370 e. The van der Waals surface area contributed by atoms with Crippen LogP contribution in [0.3, 0.4) is 0 Å². The first-order valence-electron chi connectivity index (χ1n) is 6.99. The van der Waals surface area contributed by atoms with Gasteiger partial charge in [0.1, 0.15) is 6.61 Å². The van der Waals surface area contributed by atoms with Gasteiger partial charge in [-0.25, -0.2) is 0 Å². The van der Waals surface area contributed by atoms with Gasteiger partial charge in [-0.1, -0.05) is 20.8 Å². The largest absolute Gasteiger partial charge is 0.370 e. The highest BCUT2D eigenvalue weighted by molar-refractivity contribution is 5.77. The molecule has 2 rings (SSSR count). The van der Waals surface area contributed by atoms with Crippen molar-refractivity contribution in [3.63, 3.8) is 0 Å². The number of carbonyl (C=O) groups excluding carboxylic acids is 1. The van der Waals surface area contributed by atoms with Gasteiger partial charge in [-0.3, -0.25) is 4.79 Å². The molecule has 18 heavy (non-hydrogen) atoms. The fourth-order valence-electron chi connectivity index (χ4n) is 3.91. The third kappa shape index (κ3) is 2.05. The van der Waals surface area contributed by atoms with Gasteiger partial charge in [0.15, 0.2) is 0 Å². The molecule has 3 N–H and O–H groups in total. The Bertz CT molecular complexity index is 330. The van der Waals surface area contributed by atoms with Gasteiger partial charge in [0, 0.05) is 12.6 Å². The summed E-state index contributed by atoms with van der Waals surface area (Å²) in [5, 5.41) is 3.16. The second kappa shape index (κ2) is 4.82. The first-order chi connectivity index (χ1) is 8.41. The molecule has 0 heterocycles. The highest BCUT2D eigenvalue weighted by Gasteiger charge is 2.61. The van der Waals surface area contributed by atoms with Crippen LogP contribution in [0.25, 0.3) is 0 Å². The molecule has 1 amide bonds. The zero-order valence-electron chi connectivity index (χ0n) is 11.8. The standard InChI is InChI=1S/C14H26N2O2/c1-13(2)10-4-5-14(13,3)11(8-10)16-12(17)9-18-7-6-15/h10-11H,4-9,15H2,1-3H3,(H,16,17). The zero-order valence-corrected chi connectivity index (χ0v) is 11.8. The lowest BCUT2D eigenvalue weighted by atomic mass is 9.69. The number of fused-ring (bicyclic) bond motifs is 2. The number of rotatable bonds is 5. The van der Waals surface area contributed by atoms with Crippen molar-refractivity contribution in [3.8, 4) is 0 Å². The molecule has 0 saturated heterocycles. The highest BCUT2D eigenvalue weighted by atomic mass is 16.5. The molecule has 4 nitrogen and oxygen atoms in total. The molecule has 104 valence electrons. The molecule has 3 atom stereocenters. The maximum absolute atomic E-state index is 11.8. The van der Waals surface area contributed by atoms with Gasteiger partial charge in [-0.15, -0.1) is 0 Å². The molecular formula is C14H26N2O2. The van der Waals surface area contributed by atoms with Gasteiger partial charge in [0.05, 0.1) is 6.61 Å². The maximum Gasteiger partial charge on any atom is 0.246 e. The fourth-order valence-corrected chi connectivity index (χ4v) is 3.91. The number of hydrogen-bond acceptors (Lipinski definition) is 3. The first-order valence-corrected chi connectivity index (χ1v) is 6.99. The van der Waals surface area contributed by atoms with E-state index in [0.29, 0.717) is 24.6 Å². The fraction of sp³-hybridized carbons (Fsp3) is 0.929. The molecule has 0 aromatic rings. The van der Waals surface area contributed by atoms with E-state index >= 15 is 0 Å². The summed E-state index contributed by atoms with van der Waals surface area (Å²) in [6, 6.07) is 0.306. The zero-order chi connectivity index (χ0) is 13.4. The third-order valence-corrected chi connectivity index (χ3v) is 5.62. The molecule has 2 saturated carbocycles. The lowest BCUT2D eigenvalue weighted by Gasteiger charge is -2.39. The van der Waals surface area contributed by atoms with E-state index in [1.807, 2.05) is 0 Å². The summed E-state index contributed by atoms with van der Waals surface area (Å²) in [6.45, 7) is 8.07. The van der Waals surface area contributed by atoms with Crippen LogP contribution in [0, 0.1) is 16.7 Å². The number of nitrogens with one attached hydrogen (secondary N) is 1. The molecule has 3 unspecified atom stereocenters. The van der Waals surface area contributed by atoms with Crippen LogP contribution < -0.4 is 11.1 Å². The molecular weight excluding hydrogens is 228 g/mol. The van der Waals surface area contributed by atoms with E-state index in [4.69, 9.17) is 10.5 Å². The summed E-state index contributed by atoms with van der Waals surface area (Å²) in [5.74, 6) is 0.746. The normalized spacial score (nSPS) is 36.9. The van der Waals surface area contributed by atoms with Crippen molar-refractivity contribution in [2.45, 2.75) is 46.1 Å². The molecule has 0 aliphatic heterocycles. The number of hydrogen-bond donors (Lipinski definition) is 2. The topological polar surface area (TPSA) is 64.3 Å². The van der Waals surface area contributed by atoms with E-state index in [1.165, 1.54) is 12.8 Å². The summed E-state index contributed by atoms with van der Waals surface area (Å²) in [4.78, 5) is 11.8. The minimum atomic E-state index is -0.00183. The Labute approximate surface area is 110 Å². The van der Waals surface area contributed by atoms with E-state index in [2.05, 4.69) is 26.1 Å². The Balaban J connectivity index is 1.90. The molecule has 4 heteroatoms. The van der Waals surface area contributed by atoms with Crippen LogP contribution in [-0.4, -0.2) is 31.7 Å². The second-order valence-electron chi connectivity index (χ2n) is 6.57. The molecule has 2 bridgehead atoms. The van der Waals surface area contributed by atoms with E-state index in [-0.39, 0.29) is 17.9 Å². The number of ether oxygens (including phenoxy) is 1. The smallest absolute Gasteiger partial charge is 0.246 e. The average Bonchev–Trinajstić information content (AvgIpc) is 2.62. The van der Waals surface area contributed by atoms with Crippen molar-refractivity contribution in [2.24, 2.45) is 22.5 Å². The molecule has 2 aliphatic carbocycles. The Hall–Kier alpha value is -0.610. The van der Waals surface area contributed by atoms with Gasteiger partial charge in [0.25, 0.3) is 0 Å². The third-order valence-electron chi connectivity index (χ3n) is 5.62. The number of carbonyl (C=O) groups is 1. The minimum absolute atomic E-state index is 0.00183. The van der Waals surface area contributed by atoms with Crippen LogP contribution in [0.4, 0.5) is 0 Å². The van der Waals surface area contributed by atoms with Gasteiger partial charge in [-0.2, -0.15) is 0 Å². The van der Waals surface area contributed by atoms with Crippen molar-refractivity contribution < 1.29 is 9.53 Å². The van der Waals surface area contributed by atoms with Gasteiger partial charge >= 0.3 is 0 Å². The van der Waals surface area contributed by atoms with E-state index in [1.54, 1.807) is 0 Å². The Morgan fingerprint density at radius 2 is 2.17 bits per heavy atom. The summed E-state index contributed by atoms with van der Waals surface area (Å²) in [6.07, 6.45) is 3.64. The SMILES string of the molecule is CC1(C)C2CCC1(C)C(NC(=O)COCCN)C2. The number of amides is 1. The summed E-state index contributed by atoms with van der Waals surface area (Å²) >= 11 is 0. The predicted molar refractivity (Wildman–Crippen MR) is 71.0 cm³/mol. The molecule has 0 spiro atoms. The van der Waals surface area contributed by atoms with Crippen molar-refractivity contribution >= 4 is 5.91 Å². The van der Waals surface area contributed by atoms with Crippen molar-refractivity contribution in [1.82, 2.24) is 5.32 Å². The van der Waals surface area contributed by atoms with Crippen LogP contribution in [0.1, 0.15) is 40.0 Å². The van der Waals surface area contributed by atoms with Crippen LogP contribution in [0.2, 0.25) is 0 Å². The molecule has 0 aromatic heterocycles. The summed E-state index contributed by atoms with van der Waals surface area (Å²) in [7, 11) is 0. The average molecular weight is 254 g/mol. The van der Waals surface area contributed by atoms with E-state index < -0.39 is 0 Å². The van der Waals surface area contributed by atoms with Crippen LogP contribution in [0.15, 0.2) is 0 Å². The van der Waals surface area contributed by atoms with E-state index in [9.17, 15) is 4.79 Å². The number of nitrogens with two attached hydrogens (primary N) is 1. The lowest BCUT2D eigenvalue weighted by molar-refractivity contribution is -0.127. The Morgan fingerprint density at radius 3 is 2.67 bits per heavy atom. The lowest BCUT2D eigenvalue weighted by Crippen LogP contribution is -2.48. The molecule has 2 fully saturated rings. The van der Waals surface area contributed by atoms with Gasteiger partial charge in [0.2, 0.25) is 5.91 Å². The second-order valence-corrected chi connectivity index (χ2v) is 6.57. The first kappa shape index (κ1) is 13.8. The van der Waals surface area contributed by atoms with Crippen molar-refractivity contribution in [1.29, 1.82) is 0 Å². The van der Waals surface area contributed by atoms with E-state index in [0.717, 1.165) is 12.3 Å². The Morgan fingerprint density at radius 1 is 1.44 bits per heavy atom. The van der Waals surface area contributed by atoms with Crippen LogP contribution >= 0.6 is 0 Å².